The van der Waals surface area contributed by atoms with Crippen LogP contribution in [-0.2, 0) is 39.4 Å². The summed E-state index contributed by atoms with van der Waals surface area (Å²) in [7, 11) is 5.44. The SMILES string of the molecule is [B][SiH3].[Fe].[Nb]. The molecule has 0 aliphatic carbocycles. The van der Waals surface area contributed by atoms with Gasteiger partial charge in [0.1, 0.15) is 0 Å². The molecule has 0 N–H and O–H groups in total. The predicted molar refractivity (Wildman–Crippen MR) is 15.7 cm³/mol. The summed E-state index contributed by atoms with van der Waals surface area (Å²) in [6.45, 7) is 0. The summed E-state index contributed by atoms with van der Waals surface area (Å²) >= 11 is 0. The van der Waals surface area contributed by atoms with Crippen LogP contribution in [0, 0.1) is 0 Å². The van der Waals surface area contributed by atoms with Crippen molar-refractivity contribution in [3.8, 4) is 0 Å². The molecule has 0 aromatic carbocycles. The summed E-state index contributed by atoms with van der Waals surface area (Å²) in [5.41, 5.74) is 0. The van der Waals surface area contributed by atoms with E-state index >= 15 is 0 Å². The molecule has 0 nitrogen and oxygen atoms in total. The fourth-order valence-electron chi connectivity index (χ4n) is 0. The fraction of sp³-hybridized carbons (Fsp3) is 0. The zero-order chi connectivity index (χ0) is 2.00. The summed E-state index contributed by atoms with van der Waals surface area (Å²) in [6, 6.07) is 0. The first-order chi connectivity index (χ1) is 1.00. The van der Waals surface area contributed by atoms with Crippen LogP contribution in [-0.4, -0.2) is 17.6 Å². The van der Waals surface area contributed by atoms with Gasteiger partial charge in [-0.1, -0.05) is 0 Å². The molecule has 0 rings (SSSR count). The van der Waals surface area contributed by atoms with Crippen molar-refractivity contribution >= 4 is 17.6 Å². The zero-order valence-corrected chi connectivity index (χ0v) is 7.68. The van der Waals surface area contributed by atoms with Crippen LogP contribution in [0.4, 0.5) is 0 Å². The van der Waals surface area contributed by atoms with Crippen molar-refractivity contribution in [3.05, 3.63) is 0 Å². The Hall–Kier alpha value is 1.54. The molecule has 4 heteroatoms. The molecular formula is H3BFeNbSi. The van der Waals surface area contributed by atoms with Gasteiger partial charge in [0.05, 0.1) is 0 Å². The molecule has 3 radical (unpaired) electrons. The quantitative estimate of drug-likeness (QED) is 0.405. The summed E-state index contributed by atoms with van der Waals surface area (Å²) < 4.78 is 0. The number of rotatable bonds is 0. The largest absolute Gasteiger partial charge is 0.0434 e. The molecule has 23 valence electrons. The Morgan fingerprint density at radius 1 is 1.25 bits per heavy atom. The summed E-state index contributed by atoms with van der Waals surface area (Å²) in [6.07, 6.45) is 0. The second-order valence-electron chi connectivity index (χ2n) is 0. The van der Waals surface area contributed by atoms with Crippen LogP contribution in [0.5, 0.6) is 0 Å². The molecule has 0 aliphatic rings. The smallest absolute Gasteiger partial charge is 0.0388 e. The average Bonchev–Trinajstić information content (AvgIpc) is 1.00. The van der Waals surface area contributed by atoms with Crippen LogP contribution < -0.4 is 0 Å². The van der Waals surface area contributed by atoms with Gasteiger partial charge in [-0.25, -0.2) is 0 Å². The third-order valence-corrected chi connectivity index (χ3v) is 0. The van der Waals surface area contributed by atoms with Gasteiger partial charge in [-0.2, -0.15) is 0 Å². The van der Waals surface area contributed by atoms with E-state index in [0.717, 1.165) is 10.1 Å². The van der Waals surface area contributed by atoms with Crippen molar-refractivity contribution in [2.45, 2.75) is 0 Å². The topological polar surface area (TPSA) is 0 Å². The van der Waals surface area contributed by atoms with Crippen LogP contribution >= 0.6 is 0 Å². The Balaban J connectivity index is -0.00000000500. The Morgan fingerprint density at radius 2 is 1.25 bits per heavy atom. The fourth-order valence-corrected chi connectivity index (χ4v) is 0. The van der Waals surface area contributed by atoms with E-state index in [9.17, 15) is 0 Å². The van der Waals surface area contributed by atoms with Crippen molar-refractivity contribution in [2.75, 3.05) is 0 Å². The molecule has 0 bridgehead atoms. The van der Waals surface area contributed by atoms with Crippen molar-refractivity contribution in [3.63, 3.8) is 0 Å². The first-order valence-corrected chi connectivity index (χ1v) is 1.73. The van der Waals surface area contributed by atoms with Gasteiger partial charge in [0.2, 0.25) is 0 Å². The maximum atomic E-state index is 4.64. The van der Waals surface area contributed by atoms with Crippen molar-refractivity contribution in [1.82, 2.24) is 0 Å². The summed E-state index contributed by atoms with van der Waals surface area (Å²) in [5.74, 6) is 0. The van der Waals surface area contributed by atoms with Crippen LogP contribution in [0.3, 0.4) is 0 Å². The van der Waals surface area contributed by atoms with E-state index in [2.05, 4.69) is 7.44 Å². The Kier molecular flexibility index (Phi) is 106. The molecule has 0 unspecified atom stereocenters. The van der Waals surface area contributed by atoms with Crippen LogP contribution in [0.2, 0.25) is 0 Å². The van der Waals surface area contributed by atoms with E-state index < -0.39 is 0 Å². The molecule has 0 saturated heterocycles. The van der Waals surface area contributed by atoms with Crippen LogP contribution in [0.25, 0.3) is 0 Å². The first kappa shape index (κ1) is 17.7. The average molecular weight is 191 g/mol. The van der Waals surface area contributed by atoms with Gasteiger partial charge >= 0.3 is 0 Å². The first-order valence-electron chi connectivity index (χ1n) is 0.577. The molecular weight excluding hydrogens is 188 g/mol. The minimum absolute atomic E-state index is 0. The molecule has 0 saturated carbocycles. The summed E-state index contributed by atoms with van der Waals surface area (Å²) in [5, 5.41) is 0. The molecule has 0 fully saturated rings. The predicted octanol–water partition coefficient (Wildman–Crippen LogP) is -1.57. The summed E-state index contributed by atoms with van der Waals surface area (Å²) in [4.78, 5) is 0. The zero-order valence-electron chi connectivity index (χ0n) is 2.38. The number of hydrogen-bond acceptors (Lipinski definition) is 0. The van der Waals surface area contributed by atoms with Crippen molar-refractivity contribution in [2.24, 2.45) is 0 Å². The van der Waals surface area contributed by atoms with E-state index in [1.54, 1.807) is 0 Å². The molecule has 0 spiro atoms. The van der Waals surface area contributed by atoms with Crippen LogP contribution in [0.1, 0.15) is 0 Å². The molecule has 0 aliphatic heterocycles. The normalized spacial score (nSPS) is 2.00. The van der Waals surface area contributed by atoms with Gasteiger partial charge in [0, 0.05) is 46.9 Å². The van der Waals surface area contributed by atoms with Gasteiger partial charge < -0.3 is 0 Å². The van der Waals surface area contributed by atoms with E-state index in [4.69, 9.17) is 0 Å². The van der Waals surface area contributed by atoms with Gasteiger partial charge in [-0.15, -0.1) is 0 Å². The van der Waals surface area contributed by atoms with Crippen LogP contribution in [0.15, 0.2) is 0 Å². The standard InChI is InChI=1S/BH3Si.Fe.Nb/c1-2;;/h2H3;;. The Bertz CT molecular complexity index is 8.00. The van der Waals surface area contributed by atoms with Gasteiger partial charge in [-0.3, -0.25) is 0 Å². The second kappa shape index (κ2) is 24.0. The second-order valence-corrected chi connectivity index (χ2v) is 0. The van der Waals surface area contributed by atoms with Crippen molar-refractivity contribution in [1.29, 1.82) is 0 Å². The van der Waals surface area contributed by atoms with Crippen molar-refractivity contribution < 1.29 is 39.4 Å². The maximum Gasteiger partial charge on any atom is 0.0434 e. The minimum atomic E-state index is 0. The van der Waals surface area contributed by atoms with Gasteiger partial charge in [-0.05, 0) is 10.1 Å². The monoisotopic (exact) mass is 191 g/mol. The third kappa shape index (κ3) is 9.63. The van der Waals surface area contributed by atoms with Gasteiger partial charge in [0.25, 0.3) is 0 Å². The van der Waals surface area contributed by atoms with E-state index in [-0.39, 0.29) is 39.4 Å². The van der Waals surface area contributed by atoms with Gasteiger partial charge in [0.15, 0.2) is 0 Å². The molecule has 4 heavy (non-hydrogen) atoms. The Morgan fingerprint density at radius 3 is 1.25 bits per heavy atom. The molecule has 0 atom stereocenters. The molecule has 0 aromatic rings. The van der Waals surface area contributed by atoms with E-state index in [1.165, 1.54) is 0 Å². The minimum Gasteiger partial charge on any atom is -0.0388 e. The molecule has 0 amide bonds. The Labute approximate surface area is 56.9 Å². The molecule has 0 heterocycles. The van der Waals surface area contributed by atoms with E-state index in [1.807, 2.05) is 0 Å². The maximum absolute atomic E-state index is 4.64. The molecule has 0 aromatic heterocycles. The third-order valence-electron chi connectivity index (χ3n) is 0. The van der Waals surface area contributed by atoms with E-state index in [0.29, 0.717) is 0 Å². The number of hydrogen-bond donors (Lipinski definition) is 0.